The molecule has 1 heteroatoms. The first kappa shape index (κ1) is 24.6. The van der Waals surface area contributed by atoms with Gasteiger partial charge in [-0.25, -0.2) is 0 Å². The van der Waals surface area contributed by atoms with Gasteiger partial charge in [0.2, 0.25) is 0 Å². The third-order valence-electron chi connectivity index (χ3n) is 7.63. The van der Waals surface area contributed by atoms with Crippen molar-refractivity contribution in [2.24, 2.45) is 0 Å². The van der Waals surface area contributed by atoms with E-state index in [1.54, 1.807) is 0 Å². The maximum atomic E-state index is 2.36. The van der Waals surface area contributed by atoms with Gasteiger partial charge < -0.3 is 4.90 Å². The van der Waals surface area contributed by atoms with Crippen LogP contribution in [0, 0.1) is 0 Å². The summed E-state index contributed by atoms with van der Waals surface area (Å²) in [6, 6.07) is 62.9. The Labute approximate surface area is 241 Å². The lowest BCUT2D eigenvalue weighted by Gasteiger charge is -2.27. The van der Waals surface area contributed by atoms with Gasteiger partial charge in [0.25, 0.3) is 0 Å². The summed E-state index contributed by atoms with van der Waals surface area (Å²) in [6.07, 6.45) is 0. The molecule has 7 rings (SSSR count). The molecule has 0 N–H and O–H groups in total. The van der Waals surface area contributed by atoms with Crippen LogP contribution in [0.25, 0.3) is 44.2 Å². The van der Waals surface area contributed by atoms with Crippen LogP contribution in [-0.4, -0.2) is 0 Å². The molecule has 0 spiro atoms. The topological polar surface area (TPSA) is 3.24 Å². The normalized spacial score (nSPS) is 10.9. The van der Waals surface area contributed by atoms with Crippen LogP contribution < -0.4 is 4.90 Å². The minimum atomic E-state index is 1.12. The zero-order valence-electron chi connectivity index (χ0n) is 22.7. The molecule has 0 radical (unpaired) electrons. The monoisotopic (exact) mass is 523 g/mol. The van der Waals surface area contributed by atoms with Gasteiger partial charge in [0, 0.05) is 17.1 Å². The van der Waals surface area contributed by atoms with Crippen molar-refractivity contribution in [1.29, 1.82) is 0 Å². The van der Waals surface area contributed by atoms with Crippen LogP contribution in [0.4, 0.5) is 17.1 Å². The summed E-state index contributed by atoms with van der Waals surface area (Å²) in [6.45, 7) is 0. The van der Waals surface area contributed by atoms with E-state index in [4.69, 9.17) is 0 Å². The summed E-state index contributed by atoms with van der Waals surface area (Å²) in [5.41, 5.74) is 10.6. The third-order valence-corrected chi connectivity index (χ3v) is 7.63. The highest BCUT2D eigenvalue weighted by molar-refractivity contribution is 5.90. The predicted molar refractivity (Wildman–Crippen MR) is 175 cm³/mol. The van der Waals surface area contributed by atoms with Crippen LogP contribution in [0.5, 0.6) is 0 Å². The van der Waals surface area contributed by atoms with Crippen LogP contribution in [0.3, 0.4) is 0 Å². The van der Waals surface area contributed by atoms with Crippen molar-refractivity contribution < 1.29 is 0 Å². The molecule has 7 aromatic rings. The highest BCUT2D eigenvalue weighted by atomic mass is 15.1. The van der Waals surface area contributed by atoms with Gasteiger partial charge in [-0.2, -0.15) is 0 Å². The molecule has 7 aromatic carbocycles. The van der Waals surface area contributed by atoms with Gasteiger partial charge in [-0.05, 0) is 80.6 Å². The maximum absolute atomic E-state index is 2.36. The van der Waals surface area contributed by atoms with E-state index >= 15 is 0 Å². The van der Waals surface area contributed by atoms with E-state index in [1.165, 1.54) is 44.2 Å². The lowest BCUT2D eigenvalue weighted by atomic mass is 9.99. The Hall–Kier alpha value is -5.40. The third kappa shape index (κ3) is 5.14. The van der Waals surface area contributed by atoms with E-state index in [0.717, 1.165) is 17.1 Å². The second-order valence-corrected chi connectivity index (χ2v) is 10.3. The van der Waals surface area contributed by atoms with Crippen LogP contribution in [0.15, 0.2) is 176 Å². The van der Waals surface area contributed by atoms with Crippen molar-refractivity contribution in [3.63, 3.8) is 0 Å². The van der Waals surface area contributed by atoms with Gasteiger partial charge >= 0.3 is 0 Å². The molecular weight excluding hydrogens is 494 g/mol. The highest BCUT2D eigenvalue weighted by Crippen LogP contribution is 2.39. The first-order chi connectivity index (χ1) is 20.3. The Bertz CT molecular complexity index is 1920. The molecule has 0 atom stereocenters. The van der Waals surface area contributed by atoms with Crippen LogP contribution in [0.1, 0.15) is 0 Å². The molecule has 0 aliphatic rings. The Kier molecular flexibility index (Phi) is 6.61. The van der Waals surface area contributed by atoms with Crippen molar-refractivity contribution in [3.8, 4) is 33.4 Å². The lowest BCUT2D eigenvalue weighted by molar-refractivity contribution is 1.29. The Morgan fingerprint density at radius 1 is 0.244 bits per heavy atom. The molecule has 0 aliphatic carbocycles. The van der Waals surface area contributed by atoms with Crippen molar-refractivity contribution in [3.05, 3.63) is 176 Å². The van der Waals surface area contributed by atoms with E-state index in [9.17, 15) is 0 Å². The quantitative estimate of drug-likeness (QED) is 0.209. The molecule has 0 aromatic heterocycles. The molecule has 0 heterocycles. The maximum Gasteiger partial charge on any atom is 0.0468 e. The van der Waals surface area contributed by atoms with E-state index in [0.29, 0.717) is 0 Å². The van der Waals surface area contributed by atoms with E-state index in [2.05, 4.69) is 181 Å². The Morgan fingerprint density at radius 3 is 1.24 bits per heavy atom. The van der Waals surface area contributed by atoms with Crippen LogP contribution in [0.2, 0.25) is 0 Å². The van der Waals surface area contributed by atoms with E-state index in [-0.39, 0.29) is 0 Å². The largest absolute Gasteiger partial charge is 0.310 e. The van der Waals surface area contributed by atoms with Crippen molar-refractivity contribution in [1.82, 2.24) is 0 Å². The first-order valence-corrected chi connectivity index (χ1v) is 14.0. The van der Waals surface area contributed by atoms with Crippen LogP contribution in [-0.2, 0) is 0 Å². The molecule has 0 saturated carbocycles. The zero-order chi connectivity index (χ0) is 27.4. The fourth-order valence-electron chi connectivity index (χ4n) is 5.53. The standard InChI is InChI=1S/C40H29N/c1-3-11-30(12-4-1)33-21-23-34(24-22-33)37-18-10-20-39(28-37)41(40-26-25-32-15-7-8-16-35(32)29-40)38-19-9-17-36(27-38)31-13-5-2-6-14-31/h1-29H. The highest BCUT2D eigenvalue weighted by Gasteiger charge is 2.15. The number of nitrogens with zero attached hydrogens (tertiary/aromatic N) is 1. The molecular formula is C40H29N. The van der Waals surface area contributed by atoms with Gasteiger partial charge in [0.15, 0.2) is 0 Å². The second-order valence-electron chi connectivity index (χ2n) is 10.3. The van der Waals surface area contributed by atoms with E-state index in [1.807, 2.05) is 0 Å². The molecule has 0 saturated heterocycles. The molecule has 0 unspecified atom stereocenters. The van der Waals surface area contributed by atoms with Gasteiger partial charge in [0.05, 0.1) is 0 Å². The number of anilines is 3. The Morgan fingerprint density at radius 2 is 0.659 bits per heavy atom. The zero-order valence-corrected chi connectivity index (χ0v) is 22.7. The minimum absolute atomic E-state index is 1.12. The second kappa shape index (κ2) is 11.0. The Balaban J connectivity index is 1.33. The smallest absolute Gasteiger partial charge is 0.0468 e. The minimum Gasteiger partial charge on any atom is -0.310 e. The van der Waals surface area contributed by atoms with Crippen molar-refractivity contribution in [2.45, 2.75) is 0 Å². The van der Waals surface area contributed by atoms with Crippen molar-refractivity contribution in [2.75, 3.05) is 4.90 Å². The van der Waals surface area contributed by atoms with Gasteiger partial charge in [-0.1, -0.05) is 140 Å². The molecule has 0 bridgehead atoms. The number of rotatable bonds is 6. The fourth-order valence-corrected chi connectivity index (χ4v) is 5.53. The first-order valence-electron chi connectivity index (χ1n) is 14.0. The number of hydrogen-bond acceptors (Lipinski definition) is 1. The lowest BCUT2D eigenvalue weighted by Crippen LogP contribution is -2.10. The predicted octanol–water partition coefficient (Wildman–Crippen LogP) is 11.3. The number of fused-ring (bicyclic) bond motifs is 1. The molecule has 194 valence electrons. The molecule has 0 fully saturated rings. The number of hydrogen-bond donors (Lipinski definition) is 0. The average Bonchev–Trinajstić information content (AvgIpc) is 3.06. The molecule has 41 heavy (non-hydrogen) atoms. The van der Waals surface area contributed by atoms with Gasteiger partial charge in [-0.15, -0.1) is 0 Å². The fraction of sp³-hybridized carbons (Fsp3) is 0. The molecule has 0 amide bonds. The summed E-state index contributed by atoms with van der Waals surface area (Å²) in [5.74, 6) is 0. The summed E-state index contributed by atoms with van der Waals surface area (Å²) >= 11 is 0. The number of benzene rings is 7. The van der Waals surface area contributed by atoms with Gasteiger partial charge in [0.1, 0.15) is 0 Å². The van der Waals surface area contributed by atoms with Crippen molar-refractivity contribution >= 4 is 27.8 Å². The molecule has 0 aliphatic heterocycles. The van der Waals surface area contributed by atoms with Crippen LogP contribution >= 0.6 is 0 Å². The average molecular weight is 524 g/mol. The summed E-state index contributed by atoms with van der Waals surface area (Å²) in [7, 11) is 0. The molecule has 1 nitrogen and oxygen atoms in total. The summed E-state index contributed by atoms with van der Waals surface area (Å²) in [5, 5.41) is 2.46. The summed E-state index contributed by atoms with van der Waals surface area (Å²) in [4.78, 5) is 2.36. The SMILES string of the molecule is c1ccc(-c2ccc(-c3cccc(N(c4cccc(-c5ccccc5)c4)c4ccc5ccccc5c4)c3)cc2)cc1. The van der Waals surface area contributed by atoms with Gasteiger partial charge in [-0.3, -0.25) is 0 Å². The van der Waals surface area contributed by atoms with E-state index < -0.39 is 0 Å². The summed E-state index contributed by atoms with van der Waals surface area (Å²) < 4.78 is 0.